The van der Waals surface area contributed by atoms with Gasteiger partial charge in [0.15, 0.2) is 5.76 Å². The third-order valence-electron chi connectivity index (χ3n) is 5.54. The monoisotopic (exact) mass is 447 g/mol. The summed E-state index contributed by atoms with van der Waals surface area (Å²) in [4.78, 5) is 27.1. The van der Waals surface area contributed by atoms with Crippen molar-refractivity contribution < 1.29 is 23.5 Å². The fourth-order valence-corrected chi connectivity index (χ4v) is 3.72. The lowest BCUT2D eigenvalue weighted by Crippen LogP contribution is -2.39. The molecule has 2 heterocycles. The average molecular weight is 447 g/mol. The van der Waals surface area contributed by atoms with Crippen LogP contribution in [0.3, 0.4) is 0 Å². The Labute approximate surface area is 192 Å². The number of benzene rings is 2. The topological polar surface area (TPSA) is 84.6 Å². The van der Waals surface area contributed by atoms with Crippen LogP contribution in [-0.4, -0.2) is 55.2 Å². The van der Waals surface area contributed by atoms with Gasteiger partial charge in [0.05, 0.1) is 32.2 Å². The van der Waals surface area contributed by atoms with Crippen LogP contribution >= 0.6 is 0 Å². The molecule has 1 aromatic heterocycles. The van der Waals surface area contributed by atoms with Crippen LogP contribution in [0.4, 0.5) is 0 Å². The van der Waals surface area contributed by atoms with Gasteiger partial charge in [0.1, 0.15) is 18.0 Å². The maximum absolute atomic E-state index is 13.3. The minimum absolute atomic E-state index is 0.133. The Hall–Kier alpha value is -4.07. The number of carbonyl (C=O) groups is 2. The second-order valence-electron chi connectivity index (χ2n) is 7.65. The lowest BCUT2D eigenvalue weighted by atomic mass is 9.98. The van der Waals surface area contributed by atoms with Gasteiger partial charge in [-0.1, -0.05) is 12.1 Å². The van der Waals surface area contributed by atoms with E-state index in [2.05, 4.69) is 5.10 Å². The number of methoxy groups -OCH3 is 2. The quantitative estimate of drug-likeness (QED) is 0.551. The predicted molar refractivity (Wildman–Crippen MR) is 122 cm³/mol. The Bertz CT molecular complexity index is 1140. The van der Waals surface area contributed by atoms with Crippen molar-refractivity contribution in [3.63, 3.8) is 0 Å². The highest BCUT2D eigenvalue weighted by atomic mass is 16.5. The molecule has 0 N–H and O–H groups in total. The largest absolute Gasteiger partial charge is 0.497 e. The highest BCUT2D eigenvalue weighted by Crippen LogP contribution is 2.34. The summed E-state index contributed by atoms with van der Waals surface area (Å²) in [6, 6.07) is 18.0. The Morgan fingerprint density at radius 3 is 2.24 bits per heavy atom. The number of furan rings is 1. The first kappa shape index (κ1) is 22.1. The molecular formula is C25H25N3O5. The Balaban J connectivity index is 1.59. The highest BCUT2D eigenvalue weighted by Gasteiger charge is 2.34. The molecule has 0 aliphatic carbocycles. The molecule has 1 atom stereocenters. The SMILES string of the molecule is COc1ccc(C2=NN(C(=O)CN(C)C(=O)c3ccco3)[C@H](c3ccc(OC)cc3)C2)cc1. The normalized spacial score (nSPS) is 15.2. The van der Waals surface area contributed by atoms with Crippen LogP contribution in [0.15, 0.2) is 76.4 Å². The summed E-state index contributed by atoms with van der Waals surface area (Å²) < 4.78 is 15.7. The van der Waals surface area contributed by atoms with E-state index in [1.54, 1.807) is 33.4 Å². The lowest BCUT2D eigenvalue weighted by Gasteiger charge is -2.24. The van der Waals surface area contributed by atoms with Crippen LogP contribution in [0.2, 0.25) is 0 Å². The predicted octanol–water partition coefficient (Wildman–Crippen LogP) is 3.75. The summed E-state index contributed by atoms with van der Waals surface area (Å²) in [5.41, 5.74) is 2.62. The zero-order chi connectivity index (χ0) is 23.4. The maximum Gasteiger partial charge on any atom is 0.289 e. The van der Waals surface area contributed by atoms with Crippen molar-refractivity contribution in [2.24, 2.45) is 5.10 Å². The number of ether oxygens (including phenoxy) is 2. The third kappa shape index (κ3) is 4.74. The summed E-state index contributed by atoms with van der Waals surface area (Å²) in [5.74, 6) is 1.00. The second-order valence-corrected chi connectivity index (χ2v) is 7.65. The Kier molecular flexibility index (Phi) is 6.44. The highest BCUT2D eigenvalue weighted by molar-refractivity contribution is 6.03. The molecule has 0 radical (unpaired) electrons. The molecule has 4 rings (SSSR count). The van der Waals surface area contributed by atoms with Crippen molar-refractivity contribution in [1.82, 2.24) is 9.91 Å². The molecule has 2 aromatic carbocycles. The minimum atomic E-state index is -0.368. The first-order chi connectivity index (χ1) is 16.0. The van der Waals surface area contributed by atoms with Crippen molar-refractivity contribution in [3.05, 3.63) is 83.8 Å². The van der Waals surface area contributed by atoms with Crippen LogP contribution in [-0.2, 0) is 4.79 Å². The molecule has 1 aliphatic rings. The number of likely N-dealkylation sites (N-methyl/N-ethyl adjacent to an activating group) is 1. The van der Waals surface area contributed by atoms with E-state index in [0.29, 0.717) is 6.42 Å². The van der Waals surface area contributed by atoms with Gasteiger partial charge in [-0.15, -0.1) is 0 Å². The van der Waals surface area contributed by atoms with E-state index >= 15 is 0 Å². The number of hydrazone groups is 1. The first-order valence-corrected chi connectivity index (χ1v) is 10.5. The number of hydrogen-bond donors (Lipinski definition) is 0. The third-order valence-corrected chi connectivity index (χ3v) is 5.54. The van der Waals surface area contributed by atoms with Crippen LogP contribution in [0.25, 0.3) is 0 Å². The van der Waals surface area contributed by atoms with Gasteiger partial charge in [0.2, 0.25) is 0 Å². The van der Waals surface area contributed by atoms with Crippen molar-refractivity contribution >= 4 is 17.5 Å². The smallest absolute Gasteiger partial charge is 0.289 e. The van der Waals surface area contributed by atoms with Gasteiger partial charge in [-0.25, -0.2) is 5.01 Å². The van der Waals surface area contributed by atoms with Crippen LogP contribution in [0, 0.1) is 0 Å². The van der Waals surface area contributed by atoms with Crippen molar-refractivity contribution in [2.75, 3.05) is 27.8 Å². The second kappa shape index (κ2) is 9.60. The van der Waals surface area contributed by atoms with Crippen LogP contribution < -0.4 is 9.47 Å². The molecule has 33 heavy (non-hydrogen) atoms. The molecule has 170 valence electrons. The van der Waals surface area contributed by atoms with E-state index in [0.717, 1.165) is 28.3 Å². The molecular weight excluding hydrogens is 422 g/mol. The number of carbonyl (C=O) groups excluding carboxylic acids is 2. The maximum atomic E-state index is 13.3. The minimum Gasteiger partial charge on any atom is -0.497 e. The standard InChI is InChI=1S/C25H25N3O5/c1-27(25(30)23-5-4-14-33-23)16-24(29)28-22(18-8-12-20(32-3)13-9-18)15-21(26-28)17-6-10-19(31-2)11-7-17/h4-14,22H,15-16H2,1-3H3/t22-/m0/s1. The van der Waals surface area contributed by atoms with Crippen molar-refractivity contribution in [2.45, 2.75) is 12.5 Å². The molecule has 0 saturated carbocycles. The van der Waals surface area contributed by atoms with Gasteiger partial charge in [-0.3, -0.25) is 9.59 Å². The summed E-state index contributed by atoms with van der Waals surface area (Å²) in [6.07, 6.45) is 1.97. The van der Waals surface area contributed by atoms with E-state index in [9.17, 15) is 9.59 Å². The molecule has 0 bridgehead atoms. The molecule has 0 fully saturated rings. The van der Waals surface area contributed by atoms with Gasteiger partial charge in [-0.2, -0.15) is 5.10 Å². The van der Waals surface area contributed by atoms with E-state index in [1.807, 2.05) is 48.5 Å². The summed E-state index contributed by atoms with van der Waals surface area (Å²) in [6.45, 7) is -0.133. The molecule has 8 nitrogen and oxygen atoms in total. The zero-order valence-corrected chi connectivity index (χ0v) is 18.7. The van der Waals surface area contributed by atoms with Gasteiger partial charge < -0.3 is 18.8 Å². The number of amides is 2. The van der Waals surface area contributed by atoms with Crippen LogP contribution in [0.1, 0.15) is 34.1 Å². The average Bonchev–Trinajstić information content (AvgIpc) is 3.54. The summed E-state index contributed by atoms with van der Waals surface area (Å²) >= 11 is 0. The van der Waals surface area contributed by atoms with Gasteiger partial charge >= 0.3 is 0 Å². The lowest BCUT2D eigenvalue weighted by molar-refractivity contribution is -0.133. The van der Waals surface area contributed by atoms with Crippen LogP contribution in [0.5, 0.6) is 11.5 Å². The molecule has 1 aliphatic heterocycles. The number of nitrogens with zero attached hydrogens (tertiary/aromatic N) is 3. The molecule has 3 aromatic rings. The number of rotatable bonds is 7. The summed E-state index contributed by atoms with van der Waals surface area (Å²) in [7, 11) is 4.79. The zero-order valence-electron chi connectivity index (χ0n) is 18.7. The Morgan fingerprint density at radius 2 is 1.67 bits per heavy atom. The molecule has 2 amide bonds. The van der Waals surface area contributed by atoms with Gasteiger partial charge in [-0.05, 0) is 59.7 Å². The van der Waals surface area contributed by atoms with E-state index in [1.165, 1.54) is 16.2 Å². The number of hydrogen-bond acceptors (Lipinski definition) is 6. The van der Waals surface area contributed by atoms with E-state index in [4.69, 9.17) is 13.9 Å². The molecule has 8 heteroatoms. The fraction of sp³-hybridized carbons (Fsp3) is 0.240. The van der Waals surface area contributed by atoms with Crippen molar-refractivity contribution in [3.8, 4) is 11.5 Å². The molecule has 0 saturated heterocycles. The molecule has 0 unspecified atom stereocenters. The first-order valence-electron chi connectivity index (χ1n) is 10.5. The van der Waals surface area contributed by atoms with E-state index < -0.39 is 0 Å². The van der Waals surface area contributed by atoms with Crippen molar-refractivity contribution in [1.29, 1.82) is 0 Å². The van der Waals surface area contributed by atoms with Gasteiger partial charge in [0.25, 0.3) is 11.8 Å². The fourth-order valence-electron chi connectivity index (χ4n) is 3.72. The van der Waals surface area contributed by atoms with Gasteiger partial charge in [0, 0.05) is 13.5 Å². The summed E-state index contributed by atoms with van der Waals surface area (Å²) in [5, 5.41) is 6.12. The van der Waals surface area contributed by atoms with E-state index in [-0.39, 0.29) is 30.2 Å². The Morgan fingerprint density at radius 1 is 1.03 bits per heavy atom. The molecule has 0 spiro atoms.